The normalized spacial score (nSPS) is 10.6. The number of primary amides is 1. The van der Waals surface area contributed by atoms with Gasteiger partial charge in [0.05, 0.1) is 23.3 Å². The number of aromatic nitrogens is 2. The summed E-state index contributed by atoms with van der Waals surface area (Å²) < 4.78 is 0. The zero-order valence-corrected chi connectivity index (χ0v) is 11.2. The number of thioether (sulfide) groups is 1. The molecule has 6 nitrogen and oxygen atoms in total. The summed E-state index contributed by atoms with van der Waals surface area (Å²) >= 11 is 1.28. The van der Waals surface area contributed by atoms with Crippen molar-refractivity contribution in [2.24, 2.45) is 5.73 Å². The van der Waals surface area contributed by atoms with Crippen molar-refractivity contribution in [1.29, 1.82) is 0 Å². The van der Waals surface area contributed by atoms with Crippen LogP contribution in [0.3, 0.4) is 0 Å². The molecule has 0 aliphatic heterocycles. The summed E-state index contributed by atoms with van der Waals surface area (Å²) in [5.41, 5.74) is 7.89. The van der Waals surface area contributed by atoms with Gasteiger partial charge < -0.3 is 16.0 Å². The Morgan fingerprint density at radius 2 is 2.26 bits per heavy atom. The van der Waals surface area contributed by atoms with Crippen molar-refractivity contribution in [3.8, 4) is 0 Å². The molecule has 100 valence electrons. The van der Waals surface area contributed by atoms with Gasteiger partial charge in [0.25, 0.3) is 0 Å². The van der Waals surface area contributed by atoms with E-state index in [1.165, 1.54) is 11.8 Å². The number of hydrogen-bond donors (Lipinski definition) is 3. The van der Waals surface area contributed by atoms with Gasteiger partial charge in [-0.2, -0.15) is 0 Å². The number of fused-ring (bicyclic) bond motifs is 1. The molecule has 0 saturated carbocycles. The van der Waals surface area contributed by atoms with E-state index in [1.807, 2.05) is 25.1 Å². The highest BCUT2D eigenvalue weighted by Gasteiger charge is 2.07. The van der Waals surface area contributed by atoms with E-state index < -0.39 is 5.91 Å². The van der Waals surface area contributed by atoms with Crippen LogP contribution < -0.4 is 11.1 Å². The van der Waals surface area contributed by atoms with Gasteiger partial charge in [-0.05, 0) is 24.6 Å². The second-order valence-corrected chi connectivity index (χ2v) is 5.06. The fourth-order valence-corrected chi connectivity index (χ4v) is 2.25. The fourth-order valence-electron chi connectivity index (χ4n) is 1.54. The van der Waals surface area contributed by atoms with Crippen molar-refractivity contribution < 1.29 is 9.59 Å². The number of carbonyl (C=O) groups is 2. The van der Waals surface area contributed by atoms with Crippen molar-refractivity contribution in [1.82, 2.24) is 15.3 Å². The third-order valence-electron chi connectivity index (χ3n) is 2.42. The molecule has 0 saturated heterocycles. The lowest BCUT2D eigenvalue weighted by atomic mass is 10.2. The Bertz CT molecular complexity index is 623. The summed E-state index contributed by atoms with van der Waals surface area (Å²) in [6.07, 6.45) is 0. The quantitative estimate of drug-likeness (QED) is 0.696. The molecular weight excluding hydrogens is 264 g/mol. The number of rotatable bonds is 5. The molecule has 2 aromatic rings. The average molecular weight is 278 g/mol. The number of nitrogens with zero attached hydrogens (tertiary/aromatic N) is 1. The number of nitrogens with two attached hydrogens (primary N) is 1. The summed E-state index contributed by atoms with van der Waals surface area (Å²) in [6, 6.07) is 5.91. The molecule has 19 heavy (non-hydrogen) atoms. The maximum Gasteiger partial charge on any atom is 0.236 e. The topological polar surface area (TPSA) is 101 Å². The number of benzene rings is 1. The van der Waals surface area contributed by atoms with E-state index in [0.717, 1.165) is 16.6 Å². The Labute approximate surface area is 114 Å². The molecule has 1 aromatic carbocycles. The van der Waals surface area contributed by atoms with Crippen LogP contribution in [0.25, 0.3) is 11.0 Å². The van der Waals surface area contributed by atoms with Gasteiger partial charge in [0.15, 0.2) is 5.16 Å². The number of nitrogens with one attached hydrogen (secondary N) is 2. The van der Waals surface area contributed by atoms with Crippen LogP contribution in [0.2, 0.25) is 0 Å². The number of amides is 2. The summed E-state index contributed by atoms with van der Waals surface area (Å²) in [6.45, 7) is 1.86. The van der Waals surface area contributed by atoms with Crippen LogP contribution in [0.1, 0.15) is 5.56 Å². The van der Waals surface area contributed by atoms with Gasteiger partial charge in [-0.1, -0.05) is 17.8 Å². The van der Waals surface area contributed by atoms with Gasteiger partial charge in [0, 0.05) is 0 Å². The van der Waals surface area contributed by atoms with Gasteiger partial charge >= 0.3 is 0 Å². The standard InChI is InChI=1S/C12H14N4O2S/c1-7-2-3-8-9(4-7)16-12(15-8)19-6-11(18)14-5-10(13)17/h2-4H,5-6H2,1H3,(H2,13,17)(H,14,18)(H,15,16). The molecule has 1 heterocycles. The smallest absolute Gasteiger partial charge is 0.236 e. The van der Waals surface area contributed by atoms with Gasteiger partial charge in [-0.3, -0.25) is 9.59 Å². The minimum absolute atomic E-state index is 0.140. The second-order valence-electron chi connectivity index (χ2n) is 4.09. The van der Waals surface area contributed by atoms with Crippen LogP contribution in [-0.2, 0) is 9.59 Å². The minimum atomic E-state index is -0.558. The molecule has 2 amide bonds. The van der Waals surface area contributed by atoms with Gasteiger partial charge in [0.2, 0.25) is 11.8 Å². The van der Waals surface area contributed by atoms with E-state index >= 15 is 0 Å². The van der Waals surface area contributed by atoms with Crippen molar-refractivity contribution in [2.45, 2.75) is 12.1 Å². The maximum absolute atomic E-state index is 11.4. The third-order valence-corrected chi connectivity index (χ3v) is 3.29. The molecule has 0 atom stereocenters. The molecule has 0 unspecified atom stereocenters. The van der Waals surface area contributed by atoms with Gasteiger partial charge in [0.1, 0.15) is 0 Å². The zero-order valence-electron chi connectivity index (χ0n) is 10.4. The van der Waals surface area contributed by atoms with Crippen LogP contribution in [-0.4, -0.2) is 34.1 Å². The molecule has 4 N–H and O–H groups in total. The molecular formula is C12H14N4O2S. The zero-order chi connectivity index (χ0) is 13.8. The number of carbonyl (C=O) groups excluding carboxylic acids is 2. The predicted molar refractivity (Wildman–Crippen MR) is 73.8 cm³/mol. The van der Waals surface area contributed by atoms with Crippen molar-refractivity contribution in [2.75, 3.05) is 12.3 Å². The summed E-state index contributed by atoms with van der Waals surface area (Å²) in [4.78, 5) is 29.4. The van der Waals surface area contributed by atoms with Gasteiger partial charge in [-0.15, -0.1) is 0 Å². The highest BCUT2D eigenvalue weighted by molar-refractivity contribution is 7.99. The van der Waals surface area contributed by atoms with Crippen molar-refractivity contribution in [3.05, 3.63) is 23.8 Å². The van der Waals surface area contributed by atoms with Crippen molar-refractivity contribution >= 4 is 34.6 Å². The molecule has 0 fully saturated rings. The van der Waals surface area contributed by atoms with E-state index in [2.05, 4.69) is 15.3 Å². The average Bonchev–Trinajstić information content (AvgIpc) is 2.75. The maximum atomic E-state index is 11.4. The highest BCUT2D eigenvalue weighted by Crippen LogP contribution is 2.19. The second kappa shape index (κ2) is 5.75. The first kappa shape index (κ1) is 13.4. The van der Waals surface area contributed by atoms with E-state index in [-0.39, 0.29) is 18.2 Å². The molecule has 0 aliphatic carbocycles. The Balaban J connectivity index is 1.94. The van der Waals surface area contributed by atoms with Crippen molar-refractivity contribution in [3.63, 3.8) is 0 Å². The van der Waals surface area contributed by atoms with Gasteiger partial charge in [-0.25, -0.2) is 4.98 Å². The molecule has 7 heteroatoms. The van der Waals surface area contributed by atoms with E-state index in [9.17, 15) is 9.59 Å². The summed E-state index contributed by atoms with van der Waals surface area (Å²) in [5, 5.41) is 3.10. The van der Waals surface area contributed by atoms with Crippen LogP contribution in [0.15, 0.2) is 23.4 Å². The number of aryl methyl sites for hydroxylation is 1. The Hall–Kier alpha value is -2.02. The summed E-state index contributed by atoms with van der Waals surface area (Å²) in [5.74, 6) is -0.621. The molecule has 0 radical (unpaired) electrons. The number of imidazole rings is 1. The molecule has 1 aromatic heterocycles. The lowest BCUT2D eigenvalue weighted by Gasteiger charge is -2.00. The molecule has 0 spiro atoms. The predicted octanol–water partition coefficient (Wildman–Crippen LogP) is 0.565. The van der Waals surface area contributed by atoms with Crippen LogP contribution in [0.5, 0.6) is 0 Å². The Kier molecular flexibility index (Phi) is 4.06. The first-order valence-corrected chi connectivity index (χ1v) is 6.67. The van der Waals surface area contributed by atoms with E-state index in [0.29, 0.717) is 5.16 Å². The lowest BCUT2D eigenvalue weighted by Crippen LogP contribution is -2.34. The summed E-state index contributed by atoms with van der Waals surface area (Å²) in [7, 11) is 0. The van der Waals surface area contributed by atoms with Crippen LogP contribution >= 0.6 is 11.8 Å². The monoisotopic (exact) mass is 278 g/mol. The van der Waals surface area contributed by atoms with E-state index in [4.69, 9.17) is 5.73 Å². The van der Waals surface area contributed by atoms with Crippen LogP contribution in [0, 0.1) is 6.92 Å². The Morgan fingerprint density at radius 3 is 3.00 bits per heavy atom. The third kappa shape index (κ3) is 3.72. The molecule has 0 bridgehead atoms. The Morgan fingerprint density at radius 1 is 1.47 bits per heavy atom. The van der Waals surface area contributed by atoms with Crippen LogP contribution in [0.4, 0.5) is 0 Å². The first-order chi connectivity index (χ1) is 9.04. The first-order valence-electron chi connectivity index (χ1n) is 5.69. The highest BCUT2D eigenvalue weighted by atomic mass is 32.2. The SMILES string of the molecule is Cc1ccc2nc(SCC(=O)NCC(N)=O)[nH]c2c1. The minimum Gasteiger partial charge on any atom is -0.368 e. The number of aromatic amines is 1. The van der Waals surface area contributed by atoms with E-state index in [1.54, 1.807) is 0 Å². The number of hydrogen-bond acceptors (Lipinski definition) is 4. The lowest BCUT2D eigenvalue weighted by molar-refractivity contribution is -0.123. The number of H-pyrrole nitrogens is 1. The molecule has 2 rings (SSSR count). The fraction of sp³-hybridized carbons (Fsp3) is 0.250. The molecule has 0 aliphatic rings. The largest absolute Gasteiger partial charge is 0.368 e.